The van der Waals surface area contributed by atoms with Crippen molar-refractivity contribution in [2.24, 2.45) is 0 Å². The van der Waals surface area contributed by atoms with E-state index in [9.17, 15) is 9.13 Å². The fraction of sp³-hybridized carbons (Fsp3) is 0.500. The van der Waals surface area contributed by atoms with Crippen molar-refractivity contribution >= 4 is 104 Å². The summed E-state index contributed by atoms with van der Waals surface area (Å²) in [6, 6.07) is 5.14. The Bertz CT molecular complexity index is 648. The van der Waals surface area contributed by atoms with Gasteiger partial charge in [-0.2, -0.15) is 0 Å². The molecule has 0 saturated carbocycles. The van der Waals surface area contributed by atoms with Gasteiger partial charge in [-0.25, -0.2) is 0 Å². The SMILES string of the molecule is O=P(O)(O)C(NCCCCOc1ccc2c(c1)OCO2)P(=O)(O)O.[Na].[Na].[Na]. The Hall–Kier alpha value is 1.88. The first kappa shape index (κ1) is 31.1. The number of hydrogen-bond donors (Lipinski definition) is 5. The average molecular weight is 452 g/mol. The minimum absolute atomic E-state index is 0. The second kappa shape index (κ2) is 14.0. The number of unbranched alkanes of at least 4 members (excludes halogenated alkanes) is 1. The van der Waals surface area contributed by atoms with Gasteiger partial charge in [-0.3, -0.25) is 14.4 Å². The predicted octanol–water partition coefficient (Wildman–Crippen LogP) is -0.340. The van der Waals surface area contributed by atoms with E-state index in [-0.39, 0.29) is 102 Å². The van der Waals surface area contributed by atoms with E-state index in [1.165, 1.54) is 0 Å². The molecule has 1 heterocycles. The maximum Gasteiger partial charge on any atom is 0.354 e. The van der Waals surface area contributed by atoms with Gasteiger partial charge in [-0.1, -0.05) is 0 Å². The van der Waals surface area contributed by atoms with Crippen LogP contribution in [-0.2, 0) is 9.13 Å². The van der Waals surface area contributed by atoms with Gasteiger partial charge >= 0.3 is 15.2 Å². The van der Waals surface area contributed by atoms with E-state index in [0.29, 0.717) is 36.7 Å². The molecule has 5 N–H and O–H groups in total. The molecule has 1 aromatic carbocycles. The van der Waals surface area contributed by atoms with Crippen LogP contribution >= 0.6 is 15.2 Å². The number of benzene rings is 1. The molecular weight excluding hydrogens is 433 g/mol. The van der Waals surface area contributed by atoms with Gasteiger partial charge in [0.05, 0.1) is 6.61 Å². The Labute approximate surface area is 223 Å². The molecule has 0 aromatic heterocycles. The molecule has 2 rings (SSSR count). The Balaban J connectivity index is 0. The predicted molar refractivity (Wildman–Crippen MR) is 100 cm³/mol. The molecule has 27 heavy (non-hydrogen) atoms. The molecule has 0 amide bonds. The summed E-state index contributed by atoms with van der Waals surface area (Å²) in [5.74, 6) is 1.84. The maximum absolute atomic E-state index is 11.1. The van der Waals surface area contributed by atoms with Crippen LogP contribution in [0.25, 0.3) is 0 Å². The molecule has 3 radical (unpaired) electrons. The third kappa shape index (κ3) is 10.6. The summed E-state index contributed by atoms with van der Waals surface area (Å²) >= 11 is 0. The van der Waals surface area contributed by atoms with Gasteiger partial charge in [0.15, 0.2) is 11.5 Å². The topological polar surface area (TPSA) is 155 Å². The van der Waals surface area contributed by atoms with Crippen molar-refractivity contribution in [3.05, 3.63) is 18.2 Å². The quantitative estimate of drug-likeness (QED) is 0.191. The number of ether oxygens (including phenoxy) is 3. The normalized spacial score (nSPS) is 12.6. The Morgan fingerprint density at radius 1 is 1.00 bits per heavy atom. The first-order chi connectivity index (χ1) is 11.2. The van der Waals surface area contributed by atoms with Crippen molar-refractivity contribution in [1.82, 2.24) is 5.32 Å². The molecule has 15 heteroatoms. The van der Waals surface area contributed by atoms with Crippen LogP contribution in [0.1, 0.15) is 12.8 Å². The molecule has 1 aromatic rings. The number of nitrogens with one attached hydrogen (secondary N) is 1. The first-order valence-corrected chi connectivity index (χ1v) is 10.4. The second-order valence-electron chi connectivity index (χ2n) is 5.08. The minimum atomic E-state index is -4.94. The summed E-state index contributed by atoms with van der Waals surface area (Å²) in [7, 11) is -9.88. The van der Waals surface area contributed by atoms with Crippen molar-refractivity contribution < 1.29 is 42.9 Å². The molecule has 0 atom stereocenters. The van der Waals surface area contributed by atoms with Crippen LogP contribution in [0.3, 0.4) is 0 Å². The van der Waals surface area contributed by atoms with E-state index in [1.807, 2.05) is 0 Å². The minimum Gasteiger partial charge on any atom is -0.493 e. The van der Waals surface area contributed by atoms with Crippen LogP contribution in [-0.4, -0.2) is 134 Å². The Kier molecular flexibility index (Phi) is 16.2. The Morgan fingerprint density at radius 3 is 2.19 bits per heavy atom. The molecule has 0 spiro atoms. The maximum atomic E-state index is 11.1. The summed E-state index contributed by atoms with van der Waals surface area (Å²) in [5, 5.41) is 2.21. The zero-order valence-electron chi connectivity index (χ0n) is 15.6. The van der Waals surface area contributed by atoms with E-state index >= 15 is 0 Å². The smallest absolute Gasteiger partial charge is 0.354 e. The summed E-state index contributed by atoms with van der Waals surface area (Å²) in [5.41, 5.74) is -2.18. The van der Waals surface area contributed by atoms with Crippen molar-refractivity contribution in [2.45, 2.75) is 18.4 Å². The van der Waals surface area contributed by atoms with E-state index in [4.69, 9.17) is 33.8 Å². The van der Waals surface area contributed by atoms with E-state index in [2.05, 4.69) is 5.32 Å². The molecule has 0 fully saturated rings. The summed E-state index contributed by atoms with van der Waals surface area (Å²) < 4.78 is 38.0. The number of fused-ring (bicyclic) bond motifs is 1. The van der Waals surface area contributed by atoms with Gasteiger partial charge in [0.25, 0.3) is 0 Å². The average Bonchev–Trinajstić information content (AvgIpc) is 2.91. The van der Waals surface area contributed by atoms with Crippen molar-refractivity contribution in [2.75, 3.05) is 19.9 Å². The van der Waals surface area contributed by atoms with Crippen LogP contribution < -0.4 is 19.5 Å². The van der Waals surface area contributed by atoms with Crippen molar-refractivity contribution in [1.29, 1.82) is 0 Å². The molecule has 1 aliphatic rings. The van der Waals surface area contributed by atoms with Gasteiger partial charge in [0.1, 0.15) is 5.75 Å². The monoisotopic (exact) mass is 452 g/mol. The van der Waals surface area contributed by atoms with Gasteiger partial charge in [0, 0.05) is 94.7 Å². The molecule has 0 saturated heterocycles. The van der Waals surface area contributed by atoms with Crippen LogP contribution in [0.4, 0.5) is 0 Å². The van der Waals surface area contributed by atoms with Crippen molar-refractivity contribution in [3.63, 3.8) is 0 Å². The zero-order chi connectivity index (χ0) is 17.8. The largest absolute Gasteiger partial charge is 0.493 e. The third-order valence-corrected chi connectivity index (χ3v) is 6.59. The Morgan fingerprint density at radius 2 is 1.59 bits per heavy atom. The fourth-order valence-electron chi connectivity index (χ4n) is 2.05. The standard InChI is InChI=1S/C12H19NO9P2.3Na/c14-23(15,16)12(24(17,18)19)13-5-1-2-6-20-9-3-4-10-11(7-9)22-8-21-10;;;/h3-4,7,12-13H,1-2,5-6,8H2,(H2,14,15,16)(H2,17,18,19);;;. The first-order valence-electron chi connectivity index (χ1n) is 7.04. The summed E-state index contributed by atoms with van der Waals surface area (Å²) in [4.78, 5) is 35.8. The molecule has 0 bridgehead atoms. The van der Waals surface area contributed by atoms with Crippen molar-refractivity contribution in [3.8, 4) is 17.2 Å². The molecule has 139 valence electrons. The molecule has 0 aliphatic carbocycles. The second-order valence-corrected chi connectivity index (χ2v) is 8.87. The van der Waals surface area contributed by atoms with E-state index in [1.54, 1.807) is 18.2 Å². The van der Waals surface area contributed by atoms with Crippen LogP contribution in [0.15, 0.2) is 18.2 Å². The molecule has 0 unspecified atom stereocenters. The van der Waals surface area contributed by atoms with E-state index < -0.39 is 20.7 Å². The fourth-order valence-corrected chi connectivity index (χ4v) is 4.35. The number of rotatable bonds is 9. The van der Waals surface area contributed by atoms with Gasteiger partial charge in [0.2, 0.25) is 12.3 Å². The van der Waals surface area contributed by atoms with Gasteiger partial charge < -0.3 is 33.8 Å². The zero-order valence-corrected chi connectivity index (χ0v) is 23.4. The van der Waals surface area contributed by atoms with Crippen LogP contribution in [0, 0.1) is 0 Å². The molecule has 1 aliphatic heterocycles. The van der Waals surface area contributed by atoms with Gasteiger partial charge in [-0.15, -0.1) is 0 Å². The summed E-state index contributed by atoms with van der Waals surface area (Å²) in [6.45, 7) is 0.536. The van der Waals surface area contributed by atoms with Crippen LogP contribution in [0.5, 0.6) is 17.2 Å². The number of hydrogen-bond acceptors (Lipinski definition) is 6. The summed E-state index contributed by atoms with van der Waals surface area (Å²) in [6.07, 6.45) is 0.942. The van der Waals surface area contributed by atoms with Crippen LogP contribution in [0.2, 0.25) is 0 Å². The molecule has 10 nitrogen and oxygen atoms in total. The molecular formula is C12H19NNa3O9P2. The third-order valence-electron chi connectivity index (χ3n) is 3.15. The van der Waals surface area contributed by atoms with E-state index in [0.717, 1.165) is 0 Å². The van der Waals surface area contributed by atoms with Gasteiger partial charge in [-0.05, 0) is 31.5 Å².